The fourth-order valence-electron chi connectivity index (χ4n) is 4.19. The minimum absolute atomic E-state index is 0. The maximum Gasteiger partial charge on any atom is 0.469 e. The average molecular weight is 737 g/mol. The van der Waals surface area contributed by atoms with Gasteiger partial charge in [-0.15, -0.1) is 0 Å². The lowest BCUT2D eigenvalue weighted by molar-refractivity contribution is -0.766. The van der Waals surface area contributed by atoms with Crippen LogP contribution in [-0.2, 0) is 27.7 Å². The lowest BCUT2D eigenvalue weighted by atomic mass is 10.1. The van der Waals surface area contributed by atoms with Crippen molar-refractivity contribution in [2.75, 3.05) is 13.2 Å². The molecule has 2 unspecified atom stereocenters. The van der Waals surface area contributed by atoms with Gasteiger partial charge in [0.15, 0.2) is 37.0 Å². The van der Waals surface area contributed by atoms with E-state index in [1.54, 1.807) is 24.5 Å². The molecule has 4 heterocycles. The second-order valence-corrected chi connectivity index (χ2v) is 15.1. The number of amides is 1. The molecule has 2 saturated heterocycles. The van der Waals surface area contributed by atoms with E-state index < -0.39 is 75.5 Å². The maximum atomic E-state index is 11.2. The van der Waals surface area contributed by atoms with Crippen LogP contribution in [0.5, 0.6) is 0 Å². The van der Waals surface area contributed by atoms with Crippen molar-refractivity contribution >= 4 is 48.0 Å². The topological polar surface area (TPSA) is 269 Å². The number of nitrogens with two attached hydrogens (primary N) is 2. The fraction of sp³-hybridized carbons (Fsp3) is 0.480. The van der Waals surface area contributed by atoms with Crippen molar-refractivity contribution in [2.45, 2.75) is 63.9 Å². The summed E-state index contributed by atoms with van der Waals surface area (Å²) < 4.78 is 44.5. The van der Waals surface area contributed by atoms with Crippen LogP contribution < -0.4 is 20.6 Å². The van der Waals surface area contributed by atoms with E-state index in [0.717, 1.165) is 0 Å². The number of pyridine rings is 2. The predicted molar refractivity (Wildman–Crippen MR) is 164 cm³/mol. The van der Waals surface area contributed by atoms with E-state index in [4.69, 9.17) is 53.2 Å². The van der Waals surface area contributed by atoms with Crippen LogP contribution in [0, 0.1) is 0 Å². The number of aliphatic hydroxyl groups is 4. The van der Waals surface area contributed by atoms with Crippen LogP contribution in [0.2, 0.25) is 0 Å². The maximum absolute atomic E-state index is 11.2. The molecule has 2 aromatic rings. The molecule has 260 valence electrons. The van der Waals surface area contributed by atoms with E-state index in [-0.39, 0.29) is 27.0 Å². The zero-order chi connectivity index (χ0) is 33.0. The van der Waals surface area contributed by atoms with Crippen LogP contribution in [0.25, 0.3) is 5.70 Å². The van der Waals surface area contributed by atoms with Crippen molar-refractivity contribution in [1.82, 2.24) is 0 Å². The number of phosphoric ester groups is 1. The molecule has 2 aromatic heterocycles. The van der Waals surface area contributed by atoms with Crippen molar-refractivity contribution < 1.29 is 71.8 Å². The van der Waals surface area contributed by atoms with Crippen molar-refractivity contribution in [2.24, 2.45) is 11.5 Å². The Morgan fingerprint density at radius 2 is 1.24 bits per heavy atom. The average Bonchev–Trinajstić information content (AvgIpc) is 3.40. The van der Waals surface area contributed by atoms with Crippen molar-refractivity contribution in [1.29, 1.82) is 0 Å². The molecule has 0 bridgehead atoms. The van der Waals surface area contributed by atoms with Gasteiger partial charge in [0.1, 0.15) is 30.0 Å². The van der Waals surface area contributed by atoms with Gasteiger partial charge in [0.25, 0.3) is 18.4 Å². The third-order valence-electron chi connectivity index (χ3n) is 6.36. The van der Waals surface area contributed by atoms with Gasteiger partial charge >= 0.3 is 13.9 Å². The number of carbonyl (C=O) groups is 1. The van der Waals surface area contributed by atoms with Gasteiger partial charge in [-0.2, -0.15) is 9.13 Å². The Kier molecular flexibility index (Phi) is 15.9. The number of primary amides is 1. The molecule has 0 radical (unpaired) electrons. The first kappa shape index (κ1) is 42.0. The highest BCUT2D eigenvalue weighted by molar-refractivity contribution is 8.05. The molecule has 0 aliphatic carbocycles. The largest absolute Gasteiger partial charge is 0.469 e. The minimum atomic E-state index is -4.68. The second-order valence-electron chi connectivity index (χ2n) is 9.56. The second kappa shape index (κ2) is 17.4. The Balaban J connectivity index is 0.000000441. The number of halogens is 2. The minimum Gasteiger partial charge on any atom is -0.399 e. The molecule has 10 N–H and O–H groups in total. The highest BCUT2D eigenvalue weighted by Gasteiger charge is 2.50. The van der Waals surface area contributed by atoms with Gasteiger partial charge < -0.3 is 55.7 Å². The van der Waals surface area contributed by atoms with E-state index in [2.05, 4.69) is 15.6 Å². The standard InChI is InChI=1S/C12H17N2O7P.C11H13Cl2N2O6P.2CH4/c1-7(13)8-3-2-4-14(5-8)12-11(16)10(15)9(21-12)6-20-22(17,18)19;12-22(13,19)20-5-7-8(16)9(17)11(21-7)15-3-1-2-6(4-15)10(14)18;;/h2-5,9-12,15-16H,1,6,13H2,(H-,17,18,19);1-4,7-9,11,16-17H,5H2,(H-,14,18);2*1H4/p+2/t9-,10-,11-,12?;7-,8-,9-,11?;;/m11../s1. The molecule has 0 aromatic carbocycles. The SMILES string of the molecule is C.C.C=C(N)c1ccc[n+](C2O[C@H](COP(=O)(O)O)[C@@H](O)[C@H]2O)c1.NC(=O)c1ccc[n+](C2O[C@H](COP(=O)(Cl)Cl)[C@@H](O)[C@H]2O)c1. The molecular formula is C25H40Cl2N4O13P2+2. The summed E-state index contributed by atoms with van der Waals surface area (Å²) in [6.45, 7) is 2.68. The van der Waals surface area contributed by atoms with Crippen molar-refractivity contribution in [3.8, 4) is 0 Å². The van der Waals surface area contributed by atoms with Gasteiger partial charge in [0.2, 0.25) is 0 Å². The molecular weight excluding hydrogens is 697 g/mol. The molecule has 1 amide bonds. The van der Waals surface area contributed by atoms with E-state index in [1.807, 2.05) is 0 Å². The summed E-state index contributed by atoms with van der Waals surface area (Å²) >= 11 is 10.5. The van der Waals surface area contributed by atoms with Crippen LogP contribution in [0.4, 0.5) is 0 Å². The summed E-state index contributed by atoms with van der Waals surface area (Å²) in [4.78, 5) is 28.5. The van der Waals surface area contributed by atoms with Gasteiger partial charge in [-0.3, -0.25) is 13.9 Å². The first-order valence-electron chi connectivity index (χ1n) is 12.5. The van der Waals surface area contributed by atoms with Crippen LogP contribution in [0.1, 0.15) is 43.2 Å². The molecule has 4 rings (SSSR count). The molecule has 8 atom stereocenters. The fourth-order valence-corrected chi connectivity index (χ4v) is 5.19. The quantitative estimate of drug-likeness (QED) is 0.120. The normalized spacial score (nSPS) is 27.5. The number of hydrogen-bond donors (Lipinski definition) is 8. The van der Waals surface area contributed by atoms with Gasteiger partial charge in [-0.05, 0) is 34.6 Å². The van der Waals surface area contributed by atoms with Crippen molar-refractivity contribution in [3.63, 3.8) is 0 Å². The zero-order valence-corrected chi connectivity index (χ0v) is 25.9. The highest BCUT2D eigenvalue weighted by atomic mass is 35.9. The summed E-state index contributed by atoms with van der Waals surface area (Å²) in [6.07, 6.45) is -6.94. The summed E-state index contributed by atoms with van der Waals surface area (Å²) in [5.41, 5.74) is 11.9. The Hall–Kier alpha value is -2.05. The molecule has 2 fully saturated rings. The Morgan fingerprint density at radius 3 is 1.63 bits per heavy atom. The number of aromatic nitrogens is 2. The first-order chi connectivity index (χ1) is 20.4. The van der Waals surface area contributed by atoms with E-state index >= 15 is 0 Å². The number of phosphoric acid groups is 1. The third-order valence-corrected chi connectivity index (χ3v) is 7.88. The molecule has 46 heavy (non-hydrogen) atoms. The van der Waals surface area contributed by atoms with Crippen molar-refractivity contribution in [3.05, 3.63) is 66.8 Å². The summed E-state index contributed by atoms with van der Waals surface area (Å²) in [7, 11) is -4.68. The summed E-state index contributed by atoms with van der Waals surface area (Å²) in [5, 5.41) is 39.9. The predicted octanol–water partition coefficient (Wildman–Crippen LogP) is 0.199. The monoisotopic (exact) mass is 736 g/mol. The van der Waals surface area contributed by atoms with Crippen LogP contribution in [0.15, 0.2) is 55.6 Å². The molecule has 0 spiro atoms. The number of ether oxygens (including phenoxy) is 2. The third kappa shape index (κ3) is 11.6. The van der Waals surface area contributed by atoms with Crippen LogP contribution in [-0.4, -0.2) is 86.0 Å². The molecule has 2 aliphatic rings. The lowest BCUT2D eigenvalue weighted by Gasteiger charge is -2.13. The lowest BCUT2D eigenvalue weighted by Crippen LogP contribution is -2.46. The van der Waals surface area contributed by atoms with Gasteiger partial charge in [0.05, 0.1) is 18.8 Å². The van der Waals surface area contributed by atoms with Gasteiger partial charge in [-0.25, -0.2) is 4.57 Å². The Bertz CT molecular complexity index is 1330. The molecule has 17 nitrogen and oxygen atoms in total. The van der Waals surface area contributed by atoms with Crippen LogP contribution >= 0.6 is 36.4 Å². The van der Waals surface area contributed by atoms with Gasteiger partial charge in [0, 0.05) is 17.8 Å². The smallest absolute Gasteiger partial charge is 0.399 e. The highest BCUT2D eigenvalue weighted by Crippen LogP contribution is 2.57. The van der Waals surface area contributed by atoms with E-state index in [9.17, 15) is 34.4 Å². The number of nitrogens with zero attached hydrogens (tertiary/aromatic N) is 2. The summed E-state index contributed by atoms with van der Waals surface area (Å²) in [5.74, 6) is -0.646. The van der Waals surface area contributed by atoms with Crippen LogP contribution in [0.3, 0.4) is 0 Å². The first-order valence-corrected chi connectivity index (χ1v) is 17.5. The number of hydrogen-bond acceptors (Lipinski definition) is 12. The number of carbonyl (C=O) groups excluding carboxylic acids is 1. The zero-order valence-electron chi connectivity index (χ0n) is 22.6. The van der Waals surface area contributed by atoms with Gasteiger partial charge in [-0.1, -0.05) is 21.4 Å². The summed E-state index contributed by atoms with van der Waals surface area (Å²) in [6, 6.07) is 6.41. The van der Waals surface area contributed by atoms with E-state index in [1.165, 1.54) is 33.7 Å². The van der Waals surface area contributed by atoms with E-state index in [0.29, 0.717) is 11.3 Å². The molecule has 0 saturated carbocycles. The molecule has 2 aliphatic heterocycles. The number of aliphatic hydroxyl groups excluding tert-OH is 4. The Morgan fingerprint density at radius 1 is 0.826 bits per heavy atom. The Labute approximate surface area is 274 Å². The number of rotatable bonds is 10. The molecule has 21 heteroatoms.